The average Bonchev–Trinajstić information content (AvgIpc) is 2.32. The lowest BCUT2D eigenvalue weighted by atomic mass is 9.97. The van der Waals surface area contributed by atoms with Gasteiger partial charge < -0.3 is 16.0 Å². The smallest absolute Gasteiger partial charge is 0.245 e. The van der Waals surface area contributed by atoms with Crippen LogP contribution in [-0.4, -0.2) is 35.3 Å². The van der Waals surface area contributed by atoms with E-state index in [1.54, 1.807) is 30.9 Å². The minimum Gasteiger partial charge on any atom is -0.399 e. The molecule has 1 fully saturated rings. The van der Waals surface area contributed by atoms with E-state index in [1.807, 2.05) is 12.1 Å². The first-order valence-corrected chi connectivity index (χ1v) is 6.34. The molecule has 1 aliphatic rings. The predicted molar refractivity (Wildman–Crippen MR) is 73.4 cm³/mol. The summed E-state index contributed by atoms with van der Waals surface area (Å²) < 4.78 is 0. The van der Waals surface area contributed by atoms with Crippen LogP contribution in [0.5, 0.6) is 0 Å². The maximum atomic E-state index is 12.3. The molecule has 0 aromatic heterocycles. The monoisotopic (exact) mass is 261 g/mol. The fraction of sp³-hybridized carbons (Fsp3) is 0.429. The highest BCUT2D eigenvalue weighted by Gasteiger charge is 2.40. The molecular formula is C14H19N3O2. The van der Waals surface area contributed by atoms with Crippen LogP contribution in [0.2, 0.25) is 0 Å². The fourth-order valence-electron chi connectivity index (χ4n) is 2.31. The van der Waals surface area contributed by atoms with Gasteiger partial charge in [-0.1, -0.05) is 12.1 Å². The largest absolute Gasteiger partial charge is 0.399 e. The lowest BCUT2D eigenvalue weighted by Gasteiger charge is -2.41. The summed E-state index contributed by atoms with van der Waals surface area (Å²) in [5.74, 6) is -0.162. The standard InChI is InChI=1S/C14H19N3O2/c1-14(2)13(19)16-6-7-17(14)12(18)9-10-4-3-5-11(15)8-10/h3-5,8H,6-7,9,15H2,1-2H3,(H,16,19). The highest BCUT2D eigenvalue weighted by Crippen LogP contribution is 2.19. The minimum atomic E-state index is -0.796. The molecule has 0 atom stereocenters. The van der Waals surface area contributed by atoms with E-state index in [0.29, 0.717) is 18.8 Å². The number of piperazine rings is 1. The van der Waals surface area contributed by atoms with Crippen molar-refractivity contribution in [2.45, 2.75) is 25.8 Å². The van der Waals surface area contributed by atoms with E-state index in [9.17, 15) is 9.59 Å². The van der Waals surface area contributed by atoms with Gasteiger partial charge in [0.25, 0.3) is 0 Å². The summed E-state index contributed by atoms with van der Waals surface area (Å²) >= 11 is 0. The first kappa shape index (κ1) is 13.4. The molecule has 1 saturated heterocycles. The molecule has 1 heterocycles. The van der Waals surface area contributed by atoms with E-state index in [4.69, 9.17) is 5.73 Å². The Morgan fingerprint density at radius 1 is 1.47 bits per heavy atom. The Bertz CT molecular complexity index is 511. The van der Waals surface area contributed by atoms with Crippen LogP contribution < -0.4 is 11.1 Å². The van der Waals surface area contributed by atoms with Crippen LogP contribution in [0, 0.1) is 0 Å². The maximum Gasteiger partial charge on any atom is 0.245 e. The van der Waals surface area contributed by atoms with Crippen molar-refractivity contribution in [2.24, 2.45) is 0 Å². The van der Waals surface area contributed by atoms with Crippen molar-refractivity contribution < 1.29 is 9.59 Å². The zero-order valence-corrected chi connectivity index (χ0v) is 11.3. The van der Waals surface area contributed by atoms with Gasteiger partial charge in [-0.05, 0) is 31.5 Å². The number of hydrogen-bond acceptors (Lipinski definition) is 3. The molecule has 1 aromatic rings. The van der Waals surface area contributed by atoms with E-state index in [1.165, 1.54) is 0 Å². The van der Waals surface area contributed by atoms with Gasteiger partial charge in [0.15, 0.2) is 0 Å². The molecule has 0 aliphatic carbocycles. The van der Waals surface area contributed by atoms with E-state index in [2.05, 4.69) is 5.32 Å². The molecule has 0 bridgehead atoms. The number of benzene rings is 1. The van der Waals surface area contributed by atoms with Gasteiger partial charge in [0.05, 0.1) is 6.42 Å². The molecular weight excluding hydrogens is 242 g/mol. The summed E-state index contributed by atoms with van der Waals surface area (Å²) in [6.45, 7) is 4.57. The van der Waals surface area contributed by atoms with Crippen LogP contribution >= 0.6 is 0 Å². The lowest BCUT2D eigenvalue weighted by molar-refractivity contribution is -0.148. The van der Waals surface area contributed by atoms with Gasteiger partial charge in [0.2, 0.25) is 11.8 Å². The van der Waals surface area contributed by atoms with Crippen molar-refractivity contribution >= 4 is 17.5 Å². The van der Waals surface area contributed by atoms with Crippen LogP contribution in [0.1, 0.15) is 19.4 Å². The summed E-state index contributed by atoms with van der Waals surface area (Å²) in [5, 5.41) is 2.78. The van der Waals surface area contributed by atoms with Gasteiger partial charge in [-0.25, -0.2) is 0 Å². The zero-order chi connectivity index (χ0) is 14.0. The van der Waals surface area contributed by atoms with Crippen LogP contribution in [0.3, 0.4) is 0 Å². The Hall–Kier alpha value is -2.04. The Kier molecular flexibility index (Phi) is 3.46. The minimum absolute atomic E-state index is 0.0505. The molecule has 0 spiro atoms. The van der Waals surface area contributed by atoms with Gasteiger partial charge in [-0.2, -0.15) is 0 Å². The Morgan fingerprint density at radius 2 is 2.21 bits per heavy atom. The number of anilines is 1. The molecule has 19 heavy (non-hydrogen) atoms. The molecule has 3 N–H and O–H groups in total. The second kappa shape index (κ2) is 4.91. The number of amides is 2. The number of nitrogens with one attached hydrogen (secondary N) is 1. The highest BCUT2D eigenvalue weighted by molar-refractivity contribution is 5.92. The van der Waals surface area contributed by atoms with Gasteiger partial charge in [0, 0.05) is 18.8 Å². The number of nitrogens with zero attached hydrogens (tertiary/aromatic N) is 1. The maximum absolute atomic E-state index is 12.3. The van der Waals surface area contributed by atoms with Crippen molar-refractivity contribution in [3.8, 4) is 0 Å². The third kappa shape index (κ3) is 2.70. The van der Waals surface area contributed by atoms with E-state index in [-0.39, 0.29) is 18.2 Å². The van der Waals surface area contributed by atoms with Crippen LogP contribution in [0.25, 0.3) is 0 Å². The molecule has 5 heteroatoms. The van der Waals surface area contributed by atoms with Crippen molar-refractivity contribution in [1.82, 2.24) is 10.2 Å². The first-order valence-electron chi connectivity index (χ1n) is 6.34. The SMILES string of the molecule is CC1(C)C(=O)NCCN1C(=O)Cc1cccc(N)c1. The molecule has 0 unspecified atom stereocenters. The number of rotatable bonds is 2. The summed E-state index contributed by atoms with van der Waals surface area (Å²) in [6.07, 6.45) is 0.266. The van der Waals surface area contributed by atoms with E-state index < -0.39 is 5.54 Å². The lowest BCUT2D eigenvalue weighted by Crippen LogP contribution is -2.63. The van der Waals surface area contributed by atoms with Gasteiger partial charge >= 0.3 is 0 Å². The summed E-state index contributed by atoms with van der Waals surface area (Å²) in [4.78, 5) is 25.8. The van der Waals surface area contributed by atoms with Gasteiger partial charge in [-0.3, -0.25) is 9.59 Å². The summed E-state index contributed by atoms with van der Waals surface area (Å²) in [7, 11) is 0. The predicted octanol–water partition coefficient (Wildman–Crippen LogP) is 0.548. The second-order valence-corrected chi connectivity index (χ2v) is 5.28. The van der Waals surface area contributed by atoms with Crippen molar-refractivity contribution in [2.75, 3.05) is 18.8 Å². The second-order valence-electron chi connectivity index (χ2n) is 5.28. The van der Waals surface area contributed by atoms with E-state index >= 15 is 0 Å². The first-order chi connectivity index (χ1) is 8.91. The Morgan fingerprint density at radius 3 is 2.89 bits per heavy atom. The third-order valence-corrected chi connectivity index (χ3v) is 3.46. The Labute approximate surface area is 112 Å². The normalized spacial score (nSPS) is 18.0. The van der Waals surface area contributed by atoms with Crippen LogP contribution in [0.15, 0.2) is 24.3 Å². The molecule has 102 valence electrons. The van der Waals surface area contributed by atoms with E-state index in [0.717, 1.165) is 5.56 Å². The van der Waals surface area contributed by atoms with Gasteiger partial charge in [0.1, 0.15) is 5.54 Å². The number of hydrogen-bond donors (Lipinski definition) is 2. The molecule has 2 rings (SSSR count). The molecule has 2 amide bonds. The van der Waals surface area contributed by atoms with Crippen molar-refractivity contribution in [3.05, 3.63) is 29.8 Å². The molecule has 0 radical (unpaired) electrons. The molecule has 0 saturated carbocycles. The molecule has 1 aliphatic heterocycles. The quantitative estimate of drug-likeness (QED) is 0.763. The number of carbonyl (C=O) groups is 2. The van der Waals surface area contributed by atoms with Crippen molar-refractivity contribution in [3.63, 3.8) is 0 Å². The topological polar surface area (TPSA) is 75.4 Å². The summed E-state index contributed by atoms with van der Waals surface area (Å²) in [6, 6.07) is 7.26. The summed E-state index contributed by atoms with van der Waals surface area (Å²) in [5.41, 5.74) is 6.41. The number of carbonyl (C=O) groups excluding carboxylic acids is 2. The average molecular weight is 261 g/mol. The molecule has 5 nitrogen and oxygen atoms in total. The zero-order valence-electron chi connectivity index (χ0n) is 11.3. The number of nitrogens with two attached hydrogens (primary N) is 1. The van der Waals surface area contributed by atoms with Crippen LogP contribution in [-0.2, 0) is 16.0 Å². The van der Waals surface area contributed by atoms with Gasteiger partial charge in [-0.15, -0.1) is 0 Å². The Balaban J connectivity index is 2.13. The van der Waals surface area contributed by atoms with Crippen LogP contribution in [0.4, 0.5) is 5.69 Å². The highest BCUT2D eigenvalue weighted by atomic mass is 16.2. The fourth-order valence-corrected chi connectivity index (χ4v) is 2.31. The number of nitrogen functional groups attached to an aromatic ring is 1. The van der Waals surface area contributed by atoms with Crippen molar-refractivity contribution in [1.29, 1.82) is 0 Å². The third-order valence-electron chi connectivity index (χ3n) is 3.46. The molecule has 1 aromatic carbocycles.